The molecule has 0 aliphatic carbocycles. The number of anilines is 1. The summed E-state index contributed by atoms with van der Waals surface area (Å²) >= 11 is 1.60. The number of nitrogens with one attached hydrogen (secondary N) is 1. The van der Waals surface area contributed by atoms with E-state index in [1.54, 1.807) is 35.6 Å². The highest BCUT2D eigenvalue weighted by Gasteiger charge is 2.08. The molecule has 1 aromatic carbocycles. The highest BCUT2D eigenvalue weighted by atomic mass is 32.1. The normalized spacial score (nSPS) is 10.7. The van der Waals surface area contributed by atoms with Gasteiger partial charge in [-0.15, -0.1) is 11.3 Å². The number of ketones is 1. The molecule has 0 saturated heterocycles. The van der Waals surface area contributed by atoms with Gasteiger partial charge >= 0.3 is 0 Å². The van der Waals surface area contributed by atoms with E-state index in [4.69, 9.17) is 0 Å². The second kappa shape index (κ2) is 7.31. The van der Waals surface area contributed by atoms with Gasteiger partial charge in [0.25, 0.3) is 0 Å². The SMILES string of the molecule is CC(=O)c1ccc(NC(=O)CCc2nc(C(C)C)cs2)cc1. The fourth-order valence-corrected chi connectivity index (χ4v) is 2.90. The van der Waals surface area contributed by atoms with Crippen molar-refractivity contribution in [2.24, 2.45) is 0 Å². The molecule has 0 fully saturated rings. The number of Topliss-reactive ketones (excluding diaryl/α,β-unsaturated/α-hetero) is 1. The molecular weight excluding hydrogens is 296 g/mol. The summed E-state index contributed by atoms with van der Waals surface area (Å²) < 4.78 is 0. The van der Waals surface area contributed by atoms with E-state index in [9.17, 15) is 9.59 Å². The zero-order chi connectivity index (χ0) is 16.1. The van der Waals surface area contributed by atoms with Gasteiger partial charge in [0.2, 0.25) is 5.91 Å². The van der Waals surface area contributed by atoms with Crippen molar-refractivity contribution in [3.63, 3.8) is 0 Å². The summed E-state index contributed by atoms with van der Waals surface area (Å²) in [6, 6.07) is 6.92. The number of hydrogen-bond acceptors (Lipinski definition) is 4. The number of rotatable bonds is 6. The molecule has 0 atom stereocenters. The fourth-order valence-electron chi connectivity index (χ4n) is 1.94. The lowest BCUT2D eigenvalue weighted by atomic mass is 10.1. The second-order valence-corrected chi connectivity index (χ2v) is 6.45. The Hall–Kier alpha value is -2.01. The number of amides is 1. The van der Waals surface area contributed by atoms with Gasteiger partial charge in [-0.1, -0.05) is 13.8 Å². The molecule has 116 valence electrons. The first-order chi connectivity index (χ1) is 10.5. The molecule has 0 unspecified atom stereocenters. The summed E-state index contributed by atoms with van der Waals surface area (Å²) in [5, 5.41) is 5.88. The number of carbonyl (C=O) groups is 2. The third kappa shape index (κ3) is 4.49. The van der Waals surface area contributed by atoms with Crippen molar-refractivity contribution in [2.45, 2.75) is 39.5 Å². The first-order valence-electron chi connectivity index (χ1n) is 7.31. The molecular formula is C17H20N2O2S. The molecule has 2 aromatic rings. The molecule has 0 bridgehead atoms. The molecule has 0 saturated carbocycles. The van der Waals surface area contributed by atoms with E-state index in [-0.39, 0.29) is 11.7 Å². The van der Waals surface area contributed by atoms with Gasteiger partial charge in [-0.05, 0) is 37.1 Å². The molecule has 1 aromatic heterocycles. The van der Waals surface area contributed by atoms with Crippen LogP contribution in [0.15, 0.2) is 29.6 Å². The smallest absolute Gasteiger partial charge is 0.224 e. The van der Waals surface area contributed by atoms with Crippen LogP contribution in [0.1, 0.15) is 54.2 Å². The van der Waals surface area contributed by atoms with E-state index in [1.807, 2.05) is 0 Å². The van der Waals surface area contributed by atoms with Gasteiger partial charge in [-0.2, -0.15) is 0 Å². The van der Waals surface area contributed by atoms with E-state index < -0.39 is 0 Å². The lowest BCUT2D eigenvalue weighted by Gasteiger charge is -2.05. The topological polar surface area (TPSA) is 59.1 Å². The van der Waals surface area contributed by atoms with Crippen molar-refractivity contribution in [1.29, 1.82) is 0 Å². The quantitative estimate of drug-likeness (QED) is 0.818. The largest absolute Gasteiger partial charge is 0.326 e. The Labute approximate surface area is 134 Å². The maximum Gasteiger partial charge on any atom is 0.224 e. The van der Waals surface area contributed by atoms with Gasteiger partial charge in [0.15, 0.2) is 5.78 Å². The molecule has 0 aliphatic rings. The molecule has 5 heteroatoms. The van der Waals surface area contributed by atoms with Gasteiger partial charge < -0.3 is 5.32 Å². The Balaban J connectivity index is 1.85. The summed E-state index contributed by atoms with van der Waals surface area (Å²) in [5.74, 6) is 0.387. The van der Waals surface area contributed by atoms with Crippen LogP contribution in [0.2, 0.25) is 0 Å². The average molecular weight is 316 g/mol. The van der Waals surface area contributed by atoms with Crippen molar-refractivity contribution in [1.82, 2.24) is 4.98 Å². The molecule has 0 spiro atoms. The summed E-state index contributed by atoms with van der Waals surface area (Å²) in [7, 11) is 0. The van der Waals surface area contributed by atoms with Crippen LogP contribution in [0.5, 0.6) is 0 Å². The third-order valence-electron chi connectivity index (χ3n) is 3.30. The predicted molar refractivity (Wildman–Crippen MR) is 89.6 cm³/mol. The van der Waals surface area contributed by atoms with E-state index in [2.05, 4.69) is 29.5 Å². The molecule has 0 radical (unpaired) electrons. The van der Waals surface area contributed by atoms with E-state index >= 15 is 0 Å². The summed E-state index contributed by atoms with van der Waals surface area (Å²) in [5.41, 5.74) is 2.43. The monoisotopic (exact) mass is 316 g/mol. The number of hydrogen-bond donors (Lipinski definition) is 1. The van der Waals surface area contributed by atoms with Crippen LogP contribution in [0.4, 0.5) is 5.69 Å². The first kappa shape index (κ1) is 16.4. The molecule has 0 aliphatic heterocycles. The van der Waals surface area contributed by atoms with Crippen LogP contribution in [0.25, 0.3) is 0 Å². The third-order valence-corrected chi connectivity index (χ3v) is 4.23. The van der Waals surface area contributed by atoms with Crippen molar-refractivity contribution < 1.29 is 9.59 Å². The maximum absolute atomic E-state index is 11.9. The molecule has 4 nitrogen and oxygen atoms in total. The molecule has 2 rings (SSSR count). The van der Waals surface area contributed by atoms with Crippen LogP contribution in [-0.4, -0.2) is 16.7 Å². The minimum Gasteiger partial charge on any atom is -0.326 e. The van der Waals surface area contributed by atoms with Gasteiger partial charge in [0.1, 0.15) is 0 Å². The Morgan fingerprint density at radius 2 is 1.91 bits per heavy atom. The van der Waals surface area contributed by atoms with Gasteiger partial charge in [0.05, 0.1) is 10.7 Å². The lowest BCUT2D eigenvalue weighted by Crippen LogP contribution is -2.12. The summed E-state index contributed by atoms with van der Waals surface area (Å²) in [4.78, 5) is 27.7. The zero-order valence-corrected chi connectivity index (χ0v) is 13.9. The van der Waals surface area contributed by atoms with Crippen molar-refractivity contribution in [3.8, 4) is 0 Å². The average Bonchev–Trinajstić information content (AvgIpc) is 2.95. The van der Waals surface area contributed by atoms with E-state index in [0.29, 0.717) is 30.0 Å². The fraction of sp³-hybridized carbons (Fsp3) is 0.353. The number of aromatic nitrogens is 1. The second-order valence-electron chi connectivity index (χ2n) is 5.50. The van der Waals surface area contributed by atoms with Gasteiger partial charge in [-0.25, -0.2) is 4.98 Å². The number of thiazole rings is 1. The molecule has 1 N–H and O–H groups in total. The number of aryl methyl sites for hydroxylation is 1. The van der Waals surface area contributed by atoms with Gasteiger partial charge in [-0.3, -0.25) is 9.59 Å². The minimum absolute atomic E-state index is 0.0163. The number of nitrogens with zero attached hydrogens (tertiary/aromatic N) is 1. The van der Waals surface area contributed by atoms with Crippen LogP contribution >= 0.6 is 11.3 Å². The van der Waals surface area contributed by atoms with Crippen LogP contribution < -0.4 is 5.32 Å². The zero-order valence-electron chi connectivity index (χ0n) is 13.1. The summed E-state index contributed by atoms with van der Waals surface area (Å²) in [6.07, 6.45) is 1.05. The molecule has 1 amide bonds. The number of carbonyl (C=O) groups excluding carboxylic acids is 2. The van der Waals surface area contributed by atoms with Gasteiger partial charge in [0, 0.05) is 29.5 Å². The predicted octanol–water partition coefficient (Wildman–Crippen LogP) is 4.04. The number of benzene rings is 1. The Morgan fingerprint density at radius 3 is 2.45 bits per heavy atom. The molecule has 1 heterocycles. The van der Waals surface area contributed by atoms with Crippen molar-refractivity contribution in [3.05, 3.63) is 45.9 Å². The van der Waals surface area contributed by atoms with Crippen LogP contribution in [0.3, 0.4) is 0 Å². The first-order valence-corrected chi connectivity index (χ1v) is 8.19. The summed E-state index contributed by atoms with van der Waals surface area (Å²) in [6.45, 7) is 5.74. The van der Waals surface area contributed by atoms with E-state index in [0.717, 1.165) is 10.7 Å². The molecule has 22 heavy (non-hydrogen) atoms. The Morgan fingerprint density at radius 1 is 1.23 bits per heavy atom. The minimum atomic E-state index is -0.0446. The highest BCUT2D eigenvalue weighted by molar-refractivity contribution is 7.09. The highest BCUT2D eigenvalue weighted by Crippen LogP contribution is 2.19. The van der Waals surface area contributed by atoms with Crippen LogP contribution in [0, 0.1) is 0 Å². The van der Waals surface area contributed by atoms with Crippen molar-refractivity contribution >= 4 is 28.7 Å². The van der Waals surface area contributed by atoms with Crippen LogP contribution in [-0.2, 0) is 11.2 Å². The Bertz CT molecular complexity index is 660. The Kier molecular flexibility index (Phi) is 5.44. The van der Waals surface area contributed by atoms with Crippen molar-refractivity contribution in [2.75, 3.05) is 5.32 Å². The lowest BCUT2D eigenvalue weighted by molar-refractivity contribution is -0.116. The standard InChI is InChI=1S/C17H20N2O2S/c1-11(2)15-10-22-17(19-15)9-8-16(21)18-14-6-4-13(5-7-14)12(3)20/h4-7,10-11H,8-9H2,1-3H3,(H,18,21). The maximum atomic E-state index is 11.9. The van der Waals surface area contributed by atoms with E-state index in [1.165, 1.54) is 6.92 Å².